The van der Waals surface area contributed by atoms with Gasteiger partial charge in [0.05, 0.1) is 11.0 Å². The fraction of sp³-hybridized carbons (Fsp3) is 0.0833. The van der Waals surface area contributed by atoms with E-state index in [0.29, 0.717) is 0 Å². The van der Waals surface area contributed by atoms with Crippen LogP contribution in [0.5, 0.6) is 0 Å². The number of fused-ring (bicyclic) bond motifs is 3. The molecule has 0 saturated heterocycles. The van der Waals surface area contributed by atoms with Gasteiger partial charge in [0.25, 0.3) is 0 Å². The number of hydrogen-bond donors (Lipinski definition) is 3. The number of pyridine rings is 1. The van der Waals surface area contributed by atoms with Crippen LogP contribution in [0.25, 0.3) is 21.8 Å². The molecule has 0 radical (unpaired) electrons. The van der Waals surface area contributed by atoms with E-state index in [2.05, 4.69) is 9.97 Å². The van der Waals surface area contributed by atoms with Crippen molar-refractivity contribution in [2.75, 3.05) is 0 Å². The van der Waals surface area contributed by atoms with Gasteiger partial charge in [0.1, 0.15) is 5.69 Å². The molecular weight excluding hydrogens is 204 g/mol. The summed E-state index contributed by atoms with van der Waals surface area (Å²) in [7, 11) is 0. The Bertz CT molecular complexity index is 658. The van der Waals surface area contributed by atoms with Crippen LogP contribution in [0.4, 0.5) is 0 Å². The minimum absolute atomic E-state index is 0.287. The third-order valence-corrected chi connectivity index (χ3v) is 2.68. The van der Waals surface area contributed by atoms with E-state index in [1.165, 1.54) is 0 Å². The second-order valence-electron chi connectivity index (χ2n) is 3.65. The van der Waals surface area contributed by atoms with Crippen molar-refractivity contribution in [1.82, 2.24) is 9.97 Å². The maximum absolute atomic E-state index is 9.28. The molecule has 0 spiro atoms. The van der Waals surface area contributed by atoms with Crippen molar-refractivity contribution in [3.63, 3.8) is 0 Å². The average molecular weight is 214 g/mol. The Morgan fingerprint density at radius 3 is 2.69 bits per heavy atom. The number of nitrogens with zero attached hydrogens (tertiary/aromatic N) is 1. The van der Waals surface area contributed by atoms with Gasteiger partial charge in [-0.05, 0) is 12.1 Å². The smallest absolute Gasteiger partial charge is 0.196 e. The van der Waals surface area contributed by atoms with Crippen LogP contribution in [0.1, 0.15) is 12.0 Å². The minimum Gasteiger partial charge on any atom is -0.363 e. The van der Waals surface area contributed by atoms with E-state index in [4.69, 9.17) is 0 Å². The molecule has 4 nitrogen and oxygen atoms in total. The number of aromatic amines is 1. The number of hydrogen-bond acceptors (Lipinski definition) is 3. The molecule has 0 fully saturated rings. The molecule has 80 valence electrons. The minimum atomic E-state index is -1.55. The molecule has 4 heteroatoms. The van der Waals surface area contributed by atoms with Crippen molar-refractivity contribution in [3.05, 3.63) is 42.2 Å². The molecule has 2 heterocycles. The summed E-state index contributed by atoms with van der Waals surface area (Å²) in [4.78, 5) is 7.35. The Morgan fingerprint density at radius 2 is 1.88 bits per heavy atom. The highest BCUT2D eigenvalue weighted by atomic mass is 16.5. The molecule has 0 aliphatic carbocycles. The van der Waals surface area contributed by atoms with E-state index in [0.717, 1.165) is 21.8 Å². The van der Waals surface area contributed by atoms with E-state index < -0.39 is 6.29 Å². The molecule has 0 atom stereocenters. The number of nitrogens with one attached hydrogen (secondary N) is 1. The highest BCUT2D eigenvalue weighted by molar-refractivity contribution is 6.04. The standard InChI is InChI=1S/C12H10N2O2/c15-12(16)11-8-5-6-13-10(8)7-3-1-2-4-9(7)14-11/h1-6,12-13,15-16H. The Morgan fingerprint density at radius 1 is 1.06 bits per heavy atom. The normalized spacial score (nSPS) is 11.7. The van der Waals surface area contributed by atoms with E-state index in [1.807, 2.05) is 24.3 Å². The monoisotopic (exact) mass is 214 g/mol. The molecule has 0 unspecified atom stereocenters. The molecule has 0 bridgehead atoms. The maximum atomic E-state index is 9.28. The fourth-order valence-corrected chi connectivity index (χ4v) is 1.98. The molecule has 3 rings (SSSR count). The lowest BCUT2D eigenvalue weighted by molar-refractivity contribution is -0.0443. The first kappa shape index (κ1) is 9.33. The first-order valence-corrected chi connectivity index (χ1v) is 4.99. The van der Waals surface area contributed by atoms with Gasteiger partial charge in [0.2, 0.25) is 0 Å². The highest BCUT2D eigenvalue weighted by Crippen LogP contribution is 2.27. The molecule has 2 aromatic heterocycles. The molecule has 16 heavy (non-hydrogen) atoms. The van der Waals surface area contributed by atoms with E-state index in [-0.39, 0.29) is 5.69 Å². The highest BCUT2D eigenvalue weighted by Gasteiger charge is 2.13. The van der Waals surface area contributed by atoms with Gasteiger partial charge in [-0.25, -0.2) is 4.98 Å². The largest absolute Gasteiger partial charge is 0.363 e. The molecule has 3 aromatic rings. The Kier molecular flexibility index (Phi) is 1.92. The van der Waals surface area contributed by atoms with Crippen molar-refractivity contribution in [2.45, 2.75) is 6.29 Å². The van der Waals surface area contributed by atoms with E-state index in [9.17, 15) is 10.2 Å². The third-order valence-electron chi connectivity index (χ3n) is 2.68. The summed E-state index contributed by atoms with van der Waals surface area (Å²) in [5.41, 5.74) is 1.92. The predicted molar refractivity (Wildman–Crippen MR) is 60.8 cm³/mol. The van der Waals surface area contributed by atoms with Crippen LogP contribution in [0, 0.1) is 0 Å². The van der Waals surface area contributed by atoms with E-state index in [1.54, 1.807) is 12.3 Å². The number of benzene rings is 1. The fourth-order valence-electron chi connectivity index (χ4n) is 1.98. The quantitative estimate of drug-likeness (QED) is 0.540. The molecule has 0 saturated carbocycles. The lowest BCUT2D eigenvalue weighted by Gasteiger charge is -2.07. The number of para-hydroxylation sites is 1. The zero-order chi connectivity index (χ0) is 11.1. The summed E-state index contributed by atoms with van der Waals surface area (Å²) >= 11 is 0. The molecule has 0 aliphatic heterocycles. The molecule has 0 aliphatic rings. The number of aromatic nitrogens is 2. The van der Waals surface area contributed by atoms with Gasteiger partial charge in [-0.15, -0.1) is 0 Å². The molecule has 1 aromatic carbocycles. The average Bonchev–Trinajstić information content (AvgIpc) is 2.76. The first-order chi connectivity index (χ1) is 7.77. The first-order valence-electron chi connectivity index (χ1n) is 4.99. The Hall–Kier alpha value is -1.91. The van der Waals surface area contributed by atoms with Crippen LogP contribution in [-0.2, 0) is 0 Å². The Labute approximate surface area is 91.2 Å². The van der Waals surface area contributed by atoms with Gasteiger partial charge >= 0.3 is 0 Å². The van der Waals surface area contributed by atoms with Crippen molar-refractivity contribution in [3.8, 4) is 0 Å². The summed E-state index contributed by atoms with van der Waals surface area (Å²) in [5, 5.41) is 20.3. The van der Waals surface area contributed by atoms with Gasteiger partial charge in [-0.1, -0.05) is 18.2 Å². The van der Waals surface area contributed by atoms with Gasteiger partial charge in [0, 0.05) is 17.0 Å². The summed E-state index contributed by atoms with van der Waals surface area (Å²) in [6, 6.07) is 9.40. The lowest BCUT2D eigenvalue weighted by Crippen LogP contribution is -1.99. The maximum Gasteiger partial charge on any atom is 0.196 e. The Balaban J connectivity index is 2.53. The van der Waals surface area contributed by atoms with Crippen molar-refractivity contribution < 1.29 is 10.2 Å². The SMILES string of the molecule is OC(O)c1nc2ccccc2c2[nH]ccc12. The topological polar surface area (TPSA) is 69.1 Å². The van der Waals surface area contributed by atoms with Gasteiger partial charge in [-0.3, -0.25) is 0 Å². The third kappa shape index (κ3) is 1.21. The second kappa shape index (κ2) is 3.30. The summed E-state index contributed by atoms with van der Waals surface area (Å²) in [6.07, 6.45) is 0.216. The van der Waals surface area contributed by atoms with Crippen LogP contribution in [-0.4, -0.2) is 20.2 Å². The molecule has 0 amide bonds. The second-order valence-corrected chi connectivity index (χ2v) is 3.65. The number of aliphatic hydroxyl groups excluding tert-OH is 1. The lowest BCUT2D eigenvalue weighted by atomic mass is 10.1. The summed E-state index contributed by atoms with van der Waals surface area (Å²) in [5.74, 6) is 0. The number of aliphatic hydroxyl groups is 2. The molecular formula is C12H10N2O2. The van der Waals surface area contributed by atoms with Crippen LogP contribution in [0.15, 0.2) is 36.5 Å². The predicted octanol–water partition coefficient (Wildman–Crippen LogP) is 1.70. The number of H-pyrrole nitrogens is 1. The van der Waals surface area contributed by atoms with Crippen molar-refractivity contribution in [1.29, 1.82) is 0 Å². The summed E-state index contributed by atoms with van der Waals surface area (Å²) in [6.45, 7) is 0. The van der Waals surface area contributed by atoms with Gasteiger partial charge in [0.15, 0.2) is 6.29 Å². The van der Waals surface area contributed by atoms with Crippen LogP contribution >= 0.6 is 0 Å². The molecule has 3 N–H and O–H groups in total. The van der Waals surface area contributed by atoms with E-state index >= 15 is 0 Å². The van der Waals surface area contributed by atoms with Crippen molar-refractivity contribution in [2.24, 2.45) is 0 Å². The number of rotatable bonds is 1. The van der Waals surface area contributed by atoms with Crippen LogP contribution in [0.2, 0.25) is 0 Å². The summed E-state index contributed by atoms with van der Waals surface area (Å²) < 4.78 is 0. The van der Waals surface area contributed by atoms with Crippen molar-refractivity contribution >= 4 is 21.8 Å². The zero-order valence-electron chi connectivity index (χ0n) is 8.38. The van der Waals surface area contributed by atoms with Crippen LogP contribution < -0.4 is 0 Å². The van der Waals surface area contributed by atoms with Gasteiger partial charge in [-0.2, -0.15) is 0 Å². The zero-order valence-corrected chi connectivity index (χ0v) is 8.38. The van der Waals surface area contributed by atoms with Gasteiger partial charge < -0.3 is 15.2 Å². The van der Waals surface area contributed by atoms with Crippen LogP contribution in [0.3, 0.4) is 0 Å².